The number of nitrogens with two attached hydrogens (primary N) is 3. The minimum atomic E-state index is -5.39. The molecular formula is C32H46F2N8O14S. The zero-order valence-corrected chi connectivity index (χ0v) is 31.6. The quantitative estimate of drug-likeness (QED) is 0.0486. The van der Waals surface area contributed by atoms with E-state index in [1.807, 2.05) is 5.32 Å². The standard InChI is InChI=1S/C32H46F2N8O14S/c1-14(2)10-20(26(36)49)40-30(53)21(11-16-4-6-17(7-5-16)32(33,34)57(37,55)56)42-29(52)19(8-9-23(43)44)39-31(54)22(13-25(47)48)41-27(50)15(3)38-28(51)18(35)12-24(45)46/h4-7,14-15,18-22H,8-13,35H2,1-3H3,(H2,36,49)(H,38,51)(H,39,54)(H,40,53)(H,41,50)(H,42,52)(H,43,44)(H,45,46)(H,47,48)(H2,37,55,56)/t15-,18-,19-,20-,21-,22-/m0/s1. The maximum Gasteiger partial charge on any atom is 0.384 e. The molecule has 0 fully saturated rings. The van der Waals surface area contributed by atoms with Gasteiger partial charge in [-0.15, -0.1) is 0 Å². The lowest BCUT2D eigenvalue weighted by Gasteiger charge is -2.27. The number of carbonyl (C=O) groups is 9. The van der Waals surface area contributed by atoms with E-state index >= 15 is 0 Å². The number of benzene rings is 1. The molecule has 0 heterocycles. The Kier molecular flexibility index (Phi) is 18.5. The number of hydrogen-bond acceptors (Lipinski definition) is 12. The third kappa shape index (κ3) is 16.4. The van der Waals surface area contributed by atoms with E-state index in [4.69, 9.17) is 16.6 Å². The minimum absolute atomic E-state index is 0.0318. The highest BCUT2D eigenvalue weighted by Gasteiger charge is 2.44. The van der Waals surface area contributed by atoms with E-state index < -0.39 is 143 Å². The number of alkyl halides is 2. The van der Waals surface area contributed by atoms with Gasteiger partial charge in [0.15, 0.2) is 0 Å². The summed E-state index contributed by atoms with van der Waals surface area (Å²) in [6, 6.07) is -6.58. The number of sulfonamides is 1. The molecule has 0 aromatic heterocycles. The van der Waals surface area contributed by atoms with Crippen molar-refractivity contribution in [2.45, 2.75) is 101 Å². The number of nitrogens with one attached hydrogen (secondary N) is 5. The Morgan fingerprint density at radius 3 is 1.63 bits per heavy atom. The molecule has 25 heteroatoms. The second kappa shape index (κ2) is 21.5. The fraction of sp³-hybridized carbons (Fsp3) is 0.531. The van der Waals surface area contributed by atoms with Crippen molar-refractivity contribution in [2.24, 2.45) is 22.5 Å². The monoisotopic (exact) mass is 836 g/mol. The van der Waals surface area contributed by atoms with Gasteiger partial charge in [-0.3, -0.25) is 43.2 Å². The SMILES string of the molecule is CC(C)C[C@H](NC(=O)[C@H](Cc1ccc(C(F)(F)S(N)(=O)=O)cc1)NC(=O)[C@H](CCC(=O)O)NC(=O)[C@H](CC(=O)O)NC(=O)[C@H](C)NC(=O)[C@@H](N)CC(=O)O)C(N)=O. The molecule has 0 saturated heterocycles. The van der Waals surface area contributed by atoms with Crippen LogP contribution in [0.2, 0.25) is 0 Å². The molecule has 0 radical (unpaired) electrons. The normalized spacial score (nSPS) is 14.7. The van der Waals surface area contributed by atoms with E-state index in [9.17, 15) is 70.6 Å². The highest BCUT2D eigenvalue weighted by Crippen LogP contribution is 2.32. The van der Waals surface area contributed by atoms with Gasteiger partial charge in [0.1, 0.15) is 30.2 Å². The smallest absolute Gasteiger partial charge is 0.384 e. The van der Waals surface area contributed by atoms with Crippen LogP contribution in [0.15, 0.2) is 24.3 Å². The van der Waals surface area contributed by atoms with Gasteiger partial charge in [0, 0.05) is 18.4 Å². The van der Waals surface area contributed by atoms with E-state index in [0.717, 1.165) is 19.1 Å². The summed E-state index contributed by atoms with van der Waals surface area (Å²) >= 11 is 0. The Bertz CT molecular complexity index is 1800. The van der Waals surface area contributed by atoms with Crippen molar-refractivity contribution in [2.75, 3.05) is 0 Å². The third-order valence-corrected chi connectivity index (χ3v) is 8.81. The summed E-state index contributed by atoms with van der Waals surface area (Å²) in [5, 5.41) is 38.5. The molecular weight excluding hydrogens is 790 g/mol. The van der Waals surface area contributed by atoms with Gasteiger partial charge in [-0.05, 0) is 31.2 Å². The topological polar surface area (TPSA) is 387 Å². The minimum Gasteiger partial charge on any atom is -0.481 e. The van der Waals surface area contributed by atoms with E-state index in [1.54, 1.807) is 13.8 Å². The Morgan fingerprint density at radius 2 is 1.16 bits per heavy atom. The molecule has 0 bridgehead atoms. The van der Waals surface area contributed by atoms with Crippen LogP contribution in [0, 0.1) is 5.92 Å². The molecule has 0 aliphatic carbocycles. The summed E-state index contributed by atoms with van der Waals surface area (Å²) in [6.07, 6.45) is -3.89. The van der Waals surface area contributed by atoms with Gasteiger partial charge < -0.3 is 53.4 Å². The molecule has 0 aliphatic rings. The van der Waals surface area contributed by atoms with Crippen LogP contribution < -0.4 is 43.2 Å². The van der Waals surface area contributed by atoms with Gasteiger partial charge in [-0.25, -0.2) is 13.6 Å². The second-order valence-electron chi connectivity index (χ2n) is 13.2. The highest BCUT2D eigenvalue weighted by molar-refractivity contribution is 7.89. The molecule has 6 amide bonds. The zero-order valence-electron chi connectivity index (χ0n) is 30.8. The molecule has 22 nitrogen and oxygen atoms in total. The molecule has 6 atom stereocenters. The molecule has 1 rings (SSSR count). The van der Waals surface area contributed by atoms with E-state index in [1.165, 1.54) is 0 Å². The lowest BCUT2D eigenvalue weighted by molar-refractivity contribution is -0.141. The maximum atomic E-state index is 14.3. The summed E-state index contributed by atoms with van der Waals surface area (Å²) in [7, 11) is -5.39. The van der Waals surface area contributed by atoms with Crippen molar-refractivity contribution in [1.29, 1.82) is 0 Å². The number of carbonyl (C=O) groups excluding carboxylic acids is 6. The first kappa shape index (κ1) is 49.2. The Hall–Kier alpha value is -5.82. The van der Waals surface area contributed by atoms with Gasteiger partial charge >= 0.3 is 23.2 Å². The number of amides is 6. The van der Waals surface area contributed by atoms with Crippen LogP contribution in [-0.2, 0) is 64.8 Å². The van der Waals surface area contributed by atoms with E-state index in [2.05, 4.69) is 26.4 Å². The van der Waals surface area contributed by atoms with E-state index in [0.29, 0.717) is 12.1 Å². The van der Waals surface area contributed by atoms with Crippen molar-refractivity contribution >= 4 is 63.4 Å². The molecule has 57 heavy (non-hydrogen) atoms. The van der Waals surface area contributed by atoms with Crippen LogP contribution in [-0.4, -0.2) is 113 Å². The Labute approximate surface area is 324 Å². The number of carboxylic acids is 3. The zero-order chi connectivity index (χ0) is 44.0. The second-order valence-corrected chi connectivity index (χ2v) is 14.8. The first-order valence-corrected chi connectivity index (χ1v) is 18.4. The van der Waals surface area contributed by atoms with Crippen LogP contribution in [0.4, 0.5) is 8.78 Å². The first-order valence-electron chi connectivity index (χ1n) is 16.9. The van der Waals surface area contributed by atoms with Crippen LogP contribution in [0.1, 0.15) is 64.0 Å². The van der Waals surface area contributed by atoms with Gasteiger partial charge in [-0.2, -0.15) is 8.78 Å². The number of primary sulfonamides is 1. The van der Waals surface area contributed by atoms with Crippen molar-refractivity contribution in [3.8, 4) is 0 Å². The molecule has 0 spiro atoms. The number of aliphatic carboxylic acids is 3. The van der Waals surface area contributed by atoms with Gasteiger partial charge in [0.25, 0.3) is 10.0 Å². The van der Waals surface area contributed by atoms with Crippen LogP contribution in [0.3, 0.4) is 0 Å². The summed E-state index contributed by atoms with van der Waals surface area (Å²) in [5.74, 6) is -11.6. The Morgan fingerprint density at radius 1 is 0.684 bits per heavy atom. The summed E-state index contributed by atoms with van der Waals surface area (Å²) in [6.45, 7) is 4.49. The molecule has 0 aliphatic heterocycles. The number of halogens is 2. The number of carboxylic acid groups (broad SMARTS) is 3. The summed E-state index contributed by atoms with van der Waals surface area (Å²) < 4.78 is 51.4. The lowest BCUT2D eigenvalue weighted by Crippen LogP contribution is -2.59. The molecule has 0 unspecified atom stereocenters. The van der Waals surface area contributed by atoms with Gasteiger partial charge in [0.05, 0.1) is 18.9 Å². The van der Waals surface area contributed by atoms with Crippen molar-refractivity contribution in [3.63, 3.8) is 0 Å². The third-order valence-electron chi connectivity index (χ3n) is 7.86. The molecule has 1 aromatic carbocycles. The first-order chi connectivity index (χ1) is 26.2. The van der Waals surface area contributed by atoms with Crippen molar-refractivity contribution in [3.05, 3.63) is 35.4 Å². The van der Waals surface area contributed by atoms with E-state index in [-0.39, 0.29) is 17.9 Å². The van der Waals surface area contributed by atoms with Crippen molar-refractivity contribution in [1.82, 2.24) is 26.6 Å². The van der Waals surface area contributed by atoms with Crippen molar-refractivity contribution < 1.29 is 75.7 Å². The fourth-order valence-electron chi connectivity index (χ4n) is 4.86. The largest absolute Gasteiger partial charge is 0.481 e. The average molecular weight is 837 g/mol. The Balaban J connectivity index is 3.47. The summed E-state index contributed by atoms with van der Waals surface area (Å²) in [4.78, 5) is 111. The number of rotatable bonds is 24. The lowest BCUT2D eigenvalue weighted by atomic mass is 10.00. The van der Waals surface area contributed by atoms with Crippen LogP contribution >= 0.6 is 0 Å². The summed E-state index contributed by atoms with van der Waals surface area (Å²) in [5.41, 5.74) is 9.88. The van der Waals surface area contributed by atoms with Crippen LogP contribution in [0.5, 0.6) is 0 Å². The molecule has 318 valence electrons. The fourth-order valence-corrected chi connectivity index (χ4v) is 5.33. The van der Waals surface area contributed by atoms with Gasteiger partial charge in [0.2, 0.25) is 35.4 Å². The van der Waals surface area contributed by atoms with Crippen LogP contribution in [0.25, 0.3) is 0 Å². The average Bonchev–Trinajstić information content (AvgIpc) is 3.07. The molecule has 14 N–H and O–H groups in total. The predicted molar refractivity (Wildman–Crippen MR) is 190 cm³/mol. The molecule has 0 saturated carbocycles. The highest BCUT2D eigenvalue weighted by atomic mass is 32.2. The maximum absolute atomic E-state index is 14.3. The number of primary amides is 1. The molecule has 1 aromatic rings. The predicted octanol–water partition coefficient (Wildman–Crippen LogP) is -3.32. The van der Waals surface area contributed by atoms with Gasteiger partial charge in [-0.1, -0.05) is 38.1 Å². The number of hydrogen-bond donors (Lipinski definition) is 11.